The van der Waals surface area contributed by atoms with E-state index in [9.17, 15) is 0 Å². The van der Waals surface area contributed by atoms with Crippen LogP contribution in [-0.4, -0.2) is 34.4 Å². The SMILES string of the molecule is CCn1cc(CN2CCC[C@H](COc3cccc(C)c3)C2)cn1. The maximum atomic E-state index is 6.00. The van der Waals surface area contributed by atoms with E-state index in [1.807, 2.05) is 16.9 Å². The zero-order valence-electron chi connectivity index (χ0n) is 14.2. The summed E-state index contributed by atoms with van der Waals surface area (Å²) in [6, 6.07) is 8.32. The van der Waals surface area contributed by atoms with E-state index in [4.69, 9.17) is 4.74 Å². The Kier molecular flexibility index (Phi) is 5.34. The molecule has 1 saturated heterocycles. The van der Waals surface area contributed by atoms with E-state index in [1.54, 1.807) is 0 Å². The molecule has 1 aromatic heterocycles. The standard InChI is InChI=1S/C19H27N3O/c1-3-22-14-18(11-20-22)13-21-9-5-7-17(12-21)15-23-19-8-4-6-16(2)10-19/h4,6,8,10-11,14,17H,3,5,7,9,12-13,15H2,1-2H3/t17-/m0/s1. The maximum absolute atomic E-state index is 6.00. The van der Waals surface area contributed by atoms with E-state index >= 15 is 0 Å². The van der Waals surface area contributed by atoms with Crippen LogP contribution in [0.5, 0.6) is 5.75 Å². The zero-order valence-corrected chi connectivity index (χ0v) is 14.2. The second-order valence-corrected chi connectivity index (χ2v) is 6.58. The molecule has 0 N–H and O–H groups in total. The molecule has 0 radical (unpaired) electrons. The van der Waals surface area contributed by atoms with Crippen LogP contribution in [0.3, 0.4) is 0 Å². The first kappa shape index (κ1) is 16.1. The van der Waals surface area contributed by atoms with Crippen LogP contribution in [0, 0.1) is 12.8 Å². The number of aromatic nitrogens is 2. The minimum absolute atomic E-state index is 0.616. The predicted octanol–water partition coefficient (Wildman–Crippen LogP) is 3.50. The first-order valence-electron chi connectivity index (χ1n) is 8.66. The highest BCUT2D eigenvalue weighted by molar-refractivity contribution is 5.27. The number of aryl methyl sites for hydroxylation is 2. The van der Waals surface area contributed by atoms with E-state index in [1.165, 1.54) is 30.5 Å². The summed E-state index contributed by atoms with van der Waals surface area (Å²) < 4.78 is 8.00. The summed E-state index contributed by atoms with van der Waals surface area (Å²) >= 11 is 0. The smallest absolute Gasteiger partial charge is 0.119 e. The summed E-state index contributed by atoms with van der Waals surface area (Å²) in [5.74, 6) is 1.61. The predicted molar refractivity (Wildman–Crippen MR) is 92.6 cm³/mol. The summed E-state index contributed by atoms with van der Waals surface area (Å²) in [7, 11) is 0. The zero-order chi connectivity index (χ0) is 16.1. The molecule has 4 nitrogen and oxygen atoms in total. The van der Waals surface area contributed by atoms with Gasteiger partial charge in [0.15, 0.2) is 0 Å². The van der Waals surface area contributed by atoms with Gasteiger partial charge >= 0.3 is 0 Å². The number of nitrogens with zero attached hydrogens (tertiary/aromatic N) is 3. The Morgan fingerprint density at radius 2 is 2.26 bits per heavy atom. The van der Waals surface area contributed by atoms with Crippen molar-refractivity contribution < 1.29 is 4.74 Å². The average Bonchev–Trinajstić information content (AvgIpc) is 3.01. The van der Waals surface area contributed by atoms with Gasteiger partial charge in [-0.2, -0.15) is 5.10 Å². The number of ether oxygens (including phenoxy) is 1. The van der Waals surface area contributed by atoms with Gasteiger partial charge in [-0.15, -0.1) is 0 Å². The molecule has 3 rings (SSSR count). The van der Waals surface area contributed by atoms with Gasteiger partial charge in [0.25, 0.3) is 0 Å². The monoisotopic (exact) mass is 313 g/mol. The van der Waals surface area contributed by atoms with Crippen LogP contribution in [0.25, 0.3) is 0 Å². The maximum Gasteiger partial charge on any atom is 0.119 e. The summed E-state index contributed by atoms with van der Waals surface area (Å²) in [5.41, 5.74) is 2.56. The summed E-state index contributed by atoms with van der Waals surface area (Å²) in [6.45, 7) is 9.27. The van der Waals surface area contributed by atoms with Crippen LogP contribution in [-0.2, 0) is 13.1 Å². The van der Waals surface area contributed by atoms with Gasteiger partial charge in [0.2, 0.25) is 0 Å². The molecule has 0 amide bonds. The number of likely N-dealkylation sites (tertiary alicyclic amines) is 1. The van der Waals surface area contributed by atoms with Gasteiger partial charge in [0.05, 0.1) is 12.8 Å². The molecule has 23 heavy (non-hydrogen) atoms. The lowest BCUT2D eigenvalue weighted by atomic mass is 9.98. The first-order valence-corrected chi connectivity index (χ1v) is 8.66. The molecule has 1 aliphatic rings. The third-order valence-electron chi connectivity index (χ3n) is 4.50. The number of hydrogen-bond acceptors (Lipinski definition) is 3. The molecule has 4 heteroatoms. The van der Waals surface area contributed by atoms with Crippen LogP contribution in [0.2, 0.25) is 0 Å². The summed E-state index contributed by atoms with van der Waals surface area (Å²) in [6.07, 6.45) is 6.67. The van der Waals surface area contributed by atoms with E-state index in [0.717, 1.165) is 32.0 Å². The Morgan fingerprint density at radius 3 is 3.04 bits per heavy atom. The van der Waals surface area contributed by atoms with Crippen molar-refractivity contribution in [3.8, 4) is 5.75 Å². The van der Waals surface area contributed by atoms with E-state index in [0.29, 0.717) is 5.92 Å². The topological polar surface area (TPSA) is 30.3 Å². The number of piperidine rings is 1. The largest absolute Gasteiger partial charge is 0.493 e. The van der Waals surface area contributed by atoms with Gasteiger partial charge in [-0.05, 0) is 50.9 Å². The molecular formula is C19H27N3O. The molecule has 1 fully saturated rings. The highest BCUT2D eigenvalue weighted by Crippen LogP contribution is 2.20. The molecule has 1 aliphatic heterocycles. The molecule has 1 atom stereocenters. The van der Waals surface area contributed by atoms with Crippen LogP contribution in [0.4, 0.5) is 0 Å². The average molecular weight is 313 g/mol. The molecular weight excluding hydrogens is 286 g/mol. The molecule has 2 heterocycles. The van der Waals surface area contributed by atoms with Crippen molar-refractivity contribution in [3.05, 3.63) is 47.8 Å². The molecule has 0 saturated carbocycles. The highest BCUT2D eigenvalue weighted by atomic mass is 16.5. The second kappa shape index (κ2) is 7.64. The first-order chi connectivity index (χ1) is 11.2. The minimum atomic E-state index is 0.616. The van der Waals surface area contributed by atoms with Crippen molar-refractivity contribution in [3.63, 3.8) is 0 Å². The molecule has 0 spiro atoms. The highest BCUT2D eigenvalue weighted by Gasteiger charge is 2.21. The fourth-order valence-corrected chi connectivity index (χ4v) is 3.27. The number of hydrogen-bond donors (Lipinski definition) is 0. The van der Waals surface area contributed by atoms with Gasteiger partial charge in [-0.3, -0.25) is 9.58 Å². The number of rotatable bonds is 6. The molecule has 0 aliphatic carbocycles. The fraction of sp³-hybridized carbons (Fsp3) is 0.526. The normalized spacial score (nSPS) is 19.0. The van der Waals surface area contributed by atoms with Crippen LogP contribution in [0.1, 0.15) is 30.9 Å². The van der Waals surface area contributed by atoms with Gasteiger partial charge < -0.3 is 4.74 Å². The van der Waals surface area contributed by atoms with Crippen molar-refractivity contribution in [2.24, 2.45) is 5.92 Å². The van der Waals surface area contributed by atoms with Crippen LogP contribution < -0.4 is 4.74 Å². The second-order valence-electron chi connectivity index (χ2n) is 6.58. The third kappa shape index (κ3) is 4.58. The lowest BCUT2D eigenvalue weighted by molar-refractivity contribution is 0.125. The molecule has 0 unspecified atom stereocenters. The summed E-state index contributed by atoms with van der Waals surface area (Å²) in [4.78, 5) is 2.53. The number of benzene rings is 1. The Morgan fingerprint density at radius 1 is 1.35 bits per heavy atom. The Balaban J connectivity index is 1.49. The summed E-state index contributed by atoms with van der Waals surface area (Å²) in [5, 5.41) is 4.37. The van der Waals surface area contributed by atoms with E-state index in [2.05, 4.69) is 48.2 Å². The Labute approximate surface area is 139 Å². The van der Waals surface area contributed by atoms with Gasteiger partial charge in [0.1, 0.15) is 5.75 Å². The minimum Gasteiger partial charge on any atom is -0.493 e. The van der Waals surface area contributed by atoms with Crippen molar-refractivity contribution in [1.82, 2.24) is 14.7 Å². The van der Waals surface area contributed by atoms with Gasteiger partial charge in [-0.25, -0.2) is 0 Å². The Bertz CT molecular complexity index is 623. The van der Waals surface area contributed by atoms with E-state index in [-0.39, 0.29) is 0 Å². The van der Waals surface area contributed by atoms with Crippen molar-refractivity contribution >= 4 is 0 Å². The lowest BCUT2D eigenvalue weighted by Gasteiger charge is -2.32. The molecule has 0 bridgehead atoms. The molecule has 1 aromatic carbocycles. The molecule has 2 aromatic rings. The van der Waals surface area contributed by atoms with Crippen molar-refractivity contribution in [2.45, 2.75) is 39.8 Å². The molecule has 124 valence electrons. The van der Waals surface area contributed by atoms with Gasteiger partial charge in [-0.1, -0.05) is 12.1 Å². The van der Waals surface area contributed by atoms with Crippen LogP contribution >= 0.6 is 0 Å². The van der Waals surface area contributed by atoms with Crippen LogP contribution in [0.15, 0.2) is 36.7 Å². The Hall–Kier alpha value is -1.81. The third-order valence-corrected chi connectivity index (χ3v) is 4.50. The lowest BCUT2D eigenvalue weighted by Crippen LogP contribution is -2.37. The fourth-order valence-electron chi connectivity index (χ4n) is 3.27. The quantitative estimate of drug-likeness (QED) is 0.817. The van der Waals surface area contributed by atoms with Crippen molar-refractivity contribution in [2.75, 3.05) is 19.7 Å². The van der Waals surface area contributed by atoms with E-state index < -0.39 is 0 Å². The van der Waals surface area contributed by atoms with Gasteiger partial charge in [0, 0.05) is 37.3 Å². The van der Waals surface area contributed by atoms with Crippen molar-refractivity contribution in [1.29, 1.82) is 0 Å².